The topological polar surface area (TPSA) is 15.7 Å². The number of hydrogen-bond donors (Lipinski definition) is 0. The molecule has 2 heterocycles. The highest BCUT2D eigenvalue weighted by atomic mass is 32.2. The van der Waals surface area contributed by atoms with Crippen LogP contribution in [0.15, 0.2) is 24.3 Å². The zero-order valence-corrected chi connectivity index (χ0v) is 18.3. The van der Waals surface area contributed by atoms with Crippen molar-refractivity contribution in [3.8, 4) is 5.75 Å². The van der Waals surface area contributed by atoms with Gasteiger partial charge in [0.2, 0.25) is 0 Å². The first-order valence-corrected chi connectivity index (χ1v) is 12.0. The molecule has 4 heteroatoms. The smallest absolute Gasteiger partial charge is 0.123 e. The maximum Gasteiger partial charge on any atom is 0.123 e. The number of thioether (sulfide) groups is 1. The second-order valence-corrected chi connectivity index (χ2v) is 9.95. The Morgan fingerprint density at radius 3 is 2.48 bits per heavy atom. The van der Waals surface area contributed by atoms with E-state index in [2.05, 4.69) is 59.7 Å². The van der Waals surface area contributed by atoms with Gasteiger partial charge in [0.25, 0.3) is 0 Å². The van der Waals surface area contributed by atoms with Crippen molar-refractivity contribution >= 4 is 11.8 Å². The fourth-order valence-corrected chi connectivity index (χ4v) is 5.71. The largest absolute Gasteiger partial charge is 0.496 e. The SMILES string of the molecule is COc1ccccc1CN1CCC(CN(CC(C)C)C2CCSCC2)CC1. The minimum Gasteiger partial charge on any atom is -0.496 e. The number of rotatable bonds is 8. The van der Waals surface area contributed by atoms with Crippen LogP contribution >= 0.6 is 11.8 Å². The fourth-order valence-electron chi connectivity index (χ4n) is 4.63. The summed E-state index contributed by atoms with van der Waals surface area (Å²) in [5.74, 6) is 5.38. The second-order valence-electron chi connectivity index (χ2n) is 8.72. The maximum atomic E-state index is 5.53. The van der Waals surface area contributed by atoms with E-state index in [1.807, 2.05) is 0 Å². The number of ether oxygens (including phenoxy) is 1. The van der Waals surface area contributed by atoms with Gasteiger partial charge in [-0.3, -0.25) is 9.80 Å². The summed E-state index contributed by atoms with van der Waals surface area (Å²) in [6.07, 6.45) is 5.46. The number of piperidine rings is 1. The number of likely N-dealkylation sites (tertiary alicyclic amines) is 1. The predicted octanol–water partition coefficient (Wildman–Crippen LogP) is 4.76. The van der Waals surface area contributed by atoms with Crippen LogP contribution < -0.4 is 4.74 Å². The number of nitrogens with zero attached hydrogens (tertiary/aromatic N) is 2. The van der Waals surface area contributed by atoms with Gasteiger partial charge in [-0.25, -0.2) is 0 Å². The zero-order chi connectivity index (χ0) is 19.1. The third-order valence-electron chi connectivity index (χ3n) is 6.09. The van der Waals surface area contributed by atoms with Crippen LogP contribution in [0.25, 0.3) is 0 Å². The van der Waals surface area contributed by atoms with Crippen LogP contribution in [0, 0.1) is 11.8 Å². The van der Waals surface area contributed by atoms with Crippen LogP contribution in [0.4, 0.5) is 0 Å². The van der Waals surface area contributed by atoms with E-state index in [9.17, 15) is 0 Å². The minimum atomic E-state index is 0.769. The van der Waals surface area contributed by atoms with Gasteiger partial charge in [0, 0.05) is 31.2 Å². The van der Waals surface area contributed by atoms with E-state index in [0.29, 0.717) is 0 Å². The molecular formula is C23H38N2OS. The monoisotopic (exact) mass is 390 g/mol. The first-order valence-electron chi connectivity index (χ1n) is 10.8. The van der Waals surface area contributed by atoms with Gasteiger partial charge in [0.15, 0.2) is 0 Å². The summed E-state index contributed by atoms with van der Waals surface area (Å²) in [6.45, 7) is 10.8. The van der Waals surface area contributed by atoms with E-state index in [4.69, 9.17) is 4.74 Å². The third-order valence-corrected chi connectivity index (χ3v) is 7.14. The Morgan fingerprint density at radius 1 is 1.11 bits per heavy atom. The molecule has 0 aromatic heterocycles. The molecule has 0 saturated carbocycles. The Bertz CT molecular complexity index is 551. The molecule has 0 spiro atoms. The standard InChI is InChI=1S/C23H38N2OS/c1-19(2)16-25(22-10-14-27-15-11-22)17-20-8-12-24(13-9-20)18-21-6-4-5-7-23(21)26-3/h4-7,19-20,22H,8-18H2,1-3H3. The molecule has 0 radical (unpaired) electrons. The first kappa shape index (κ1) is 21.0. The molecule has 0 aliphatic carbocycles. The quantitative estimate of drug-likeness (QED) is 0.635. The van der Waals surface area contributed by atoms with Gasteiger partial charge >= 0.3 is 0 Å². The van der Waals surface area contributed by atoms with E-state index in [1.165, 1.54) is 68.9 Å². The lowest BCUT2D eigenvalue weighted by Gasteiger charge is -2.40. The van der Waals surface area contributed by atoms with Crippen LogP contribution in [-0.2, 0) is 6.54 Å². The fraction of sp³-hybridized carbons (Fsp3) is 0.739. The highest BCUT2D eigenvalue weighted by molar-refractivity contribution is 7.99. The van der Waals surface area contributed by atoms with Gasteiger partial charge in [-0.2, -0.15) is 11.8 Å². The summed E-state index contributed by atoms with van der Waals surface area (Å²) < 4.78 is 5.53. The number of methoxy groups -OCH3 is 1. The van der Waals surface area contributed by atoms with E-state index in [-0.39, 0.29) is 0 Å². The molecule has 0 amide bonds. The van der Waals surface area contributed by atoms with Crippen molar-refractivity contribution in [1.82, 2.24) is 9.80 Å². The lowest BCUT2D eigenvalue weighted by molar-refractivity contribution is 0.101. The van der Waals surface area contributed by atoms with Gasteiger partial charge in [0.1, 0.15) is 5.75 Å². The molecule has 2 fully saturated rings. The molecule has 152 valence electrons. The highest BCUT2D eigenvalue weighted by Crippen LogP contribution is 2.27. The van der Waals surface area contributed by atoms with Crippen molar-refractivity contribution in [1.29, 1.82) is 0 Å². The van der Waals surface area contributed by atoms with Gasteiger partial charge in [-0.15, -0.1) is 0 Å². The summed E-state index contributed by atoms with van der Waals surface area (Å²) in [4.78, 5) is 5.46. The van der Waals surface area contributed by atoms with E-state index in [1.54, 1.807) is 7.11 Å². The molecule has 3 nitrogen and oxygen atoms in total. The third kappa shape index (κ3) is 6.40. The number of para-hydroxylation sites is 1. The summed E-state index contributed by atoms with van der Waals surface area (Å²) in [5.41, 5.74) is 1.32. The van der Waals surface area contributed by atoms with Crippen molar-refractivity contribution in [2.45, 2.75) is 52.1 Å². The average molecular weight is 391 g/mol. The summed E-state index contributed by atoms with van der Waals surface area (Å²) in [5, 5.41) is 0. The Hall–Kier alpha value is -0.710. The molecule has 3 rings (SSSR count). The molecule has 0 atom stereocenters. The zero-order valence-electron chi connectivity index (χ0n) is 17.5. The molecule has 2 aliphatic heterocycles. The average Bonchev–Trinajstić information content (AvgIpc) is 2.70. The summed E-state index contributed by atoms with van der Waals surface area (Å²) in [7, 11) is 1.78. The lowest BCUT2D eigenvalue weighted by Crippen LogP contribution is -2.45. The number of benzene rings is 1. The second kappa shape index (κ2) is 10.7. The van der Waals surface area contributed by atoms with Crippen LogP contribution in [0.5, 0.6) is 5.75 Å². The number of hydrogen-bond acceptors (Lipinski definition) is 4. The van der Waals surface area contributed by atoms with Crippen LogP contribution in [-0.4, -0.2) is 60.6 Å². The Labute approximate surface area is 170 Å². The lowest BCUT2D eigenvalue weighted by atomic mass is 9.94. The van der Waals surface area contributed by atoms with Crippen LogP contribution in [0.1, 0.15) is 45.1 Å². The Balaban J connectivity index is 1.49. The molecule has 2 saturated heterocycles. The van der Waals surface area contributed by atoms with Gasteiger partial charge < -0.3 is 4.74 Å². The molecule has 0 unspecified atom stereocenters. The van der Waals surface area contributed by atoms with Crippen molar-refractivity contribution in [3.05, 3.63) is 29.8 Å². The highest BCUT2D eigenvalue weighted by Gasteiger charge is 2.27. The van der Waals surface area contributed by atoms with Gasteiger partial charge in [0.05, 0.1) is 7.11 Å². The molecule has 1 aromatic carbocycles. The Kier molecular flexibility index (Phi) is 8.35. The molecular weight excluding hydrogens is 352 g/mol. The molecule has 0 bridgehead atoms. The van der Waals surface area contributed by atoms with E-state index < -0.39 is 0 Å². The van der Waals surface area contributed by atoms with Gasteiger partial charge in [-0.05, 0) is 68.2 Å². The van der Waals surface area contributed by atoms with Crippen molar-refractivity contribution in [2.24, 2.45) is 11.8 Å². The van der Waals surface area contributed by atoms with Crippen molar-refractivity contribution < 1.29 is 4.74 Å². The first-order chi connectivity index (χ1) is 13.2. The predicted molar refractivity (Wildman–Crippen MR) is 118 cm³/mol. The minimum absolute atomic E-state index is 0.769. The van der Waals surface area contributed by atoms with E-state index >= 15 is 0 Å². The summed E-state index contributed by atoms with van der Waals surface area (Å²) >= 11 is 2.14. The van der Waals surface area contributed by atoms with Crippen molar-refractivity contribution in [2.75, 3.05) is 44.8 Å². The van der Waals surface area contributed by atoms with Crippen LogP contribution in [0.2, 0.25) is 0 Å². The summed E-state index contributed by atoms with van der Waals surface area (Å²) in [6, 6.07) is 9.30. The molecule has 27 heavy (non-hydrogen) atoms. The van der Waals surface area contributed by atoms with Crippen molar-refractivity contribution in [3.63, 3.8) is 0 Å². The maximum absolute atomic E-state index is 5.53. The van der Waals surface area contributed by atoms with Crippen LogP contribution in [0.3, 0.4) is 0 Å². The Morgan fingerprint density at radius 2 is 1.81 bits per heavy atom. The molecule has 2 aliphatic rings. The molecule has 0 N–H and O–H groups in total. The normalized spacial score (nSPS) is 20.5. The van der Waals surface area contributed by atoms with Gasteiger partial charge in [-0.1, -0.05) is 32.0 Å². The van der Waals surface area contributed by atoms with E-state index in [0.717, 1.165) is 30.2 Å². The molecule has 1 aromatic rings.